The molecule has 0 saturated heterocycles. The van der Waals surface area contributed by atoms with E-state index in [1.807, 2.05) is 0 Å². The molecule has 3 nitrogen and oxygen atoms in total. The molecule has 0 aromatic carbocycles. The maximum absolute atomic E-state index is 6.38. The summed E-state index contributed by atoms with van der Waals surface area (Å²) in [7, 11) is 0. The Bertz CT molecular complexity index is 442. The molecule has 2 bridgehead atoms. The number of nitrogens with zero attached hydrogens (tertiary/aromatic N) is 3. The second kappa shape index (κ2) is 5.08. The molecule has 3 atom stereocenters. The second-order valence-corrected chi connectivity index (χ2v) is 7.27. The van der Waals surface area contributed by atoms with Crippen LogP contribution in [0.5, 0.6) is 0 Å². The molecule has 3 unspecified atom stereocenters. The van der Waals surface area contributed by atoms with Crippen LogP contribution >= 0.6 is 11.6 Å². The lowest BCUT2D eigenvalue weighted by atomic mass is 9.72. The van der Waals surface area contributed by atoms with E-state index in [0.717, 1.165) is 36.5 Å². The summed E-state index contributed by atoms with van der Waals surface area (Å²) < 4.78 is 2.09. The average Bonchev–Trinajstić information content (AvgIpc) is 3.06. The van der Waals surface area contributed by atoms with Crippen molar-refractivity contribution in [3.8, 4) is 0 Å². The molecule has 2 saturated carbocycles. The number of aromatic nitrogens is 3. The lowest BCUT2D eigenvalue weighted by Gasteiger charge is -2.35. The van der Waals surface area contributed by atoms with Gasteiger partial charge in [-0.05, 0) is 42.4 Å². The summed E-state index contributed by atoms with van der Waals surface area (Å²) in [5.41, 5.74) is 0.298. The summed E-state index contributed by atoms with van der Waals surface area (Å²) in [6, 6.07) is 0. The maximum Gasteiger partial charge on any atom is 0.138 e. The molecule has 0 radical (unpaired) electrons. The van der Waals surface area contributed by atoms with E-state index in [2.05, 4.69) is 28.6 Å². The van der Waals surface area contributed by atoms with Gasteiger partial charge in [0.15, 0.2) is 0 Å². The monoisotopic (exact) mass is 281 g/mol. The molecule has 19 heavy (non-hydrogen) atoms. The fourth-order valence-electron chi connectivity index (χ4n) is 4.22. The Morgan fingerprint density at radius 1 is 1.47 bits per heavy atom. The first-order valence-corrected chi connectivity index (χ1v) is 8.09. The molecule has 3 rings (SSSR count). The fraction of sp³-hybridized carbons (Fsp3) is 0.867. The van der Waals surface area contributed by atoms with E-state index >= 15 is 0 Å². The van der Waals surface area contributed by atoms with Crippen molar-refractivity contribution in [2.45, 2.75) is 52.5 Å². The van der Waals surface area contributed by atoms with Crippen molar-refractivity contribution in [3.63, 3.8) is 0 Å². The number of hydrogen-bond donors (Lipinski definition) is 0. The van der Waals surface area contributed by atoms with Gasteiger partial charge >= 0.3 is 0 Å². The van der Waals surface area contributed by atoms with Crippen LogP contribution in [0, 0.1) is 23.2 Å². The van der Waals surface area contributed by atoms with Crippen molar-refractivity contribution in [3.05, 3.63) is 12.2 Å². The number of hydrogen-bond acceptors (Lipinski definition) is 2. The van der Waals surface area contributed by atoms with Gasteiger partial charge in [-0.15, -0.1) is 11.6 Å². The Morgan fingerprint density at radius 2 is 2.32 bits per heavy atom. The van der Waals surface area contributed by atoms with Crippen molar-refractivity contribution >= 4 is 11.6 Å². The molecule has 0 amide bonds. The predicted molar refractivity (Wildman–Crippen MR) is 77.2 cm³/mol. The minimum atomic E-state index is 0.298. The minimum absolute atomic E-state index is 0.298. The molecule has 0 spiro atoms. The van der Waals surface area contributed by atoms with Crippen LogP contribution in [0.4, 0.5) is 0 Å². The van der Waals surface area contributed by atoms with Crippen LogP contribution in [0.25, 0.3) is 0 Å². The van der Waals surface area contributed by atoms with E-state index < -0.39 is 0 Å². The zero-order valence-electron chi connectivity index (χ0n) is 12.0. The van der Waals surface area contributed by atoms with Crippen LogP contribution in [0.1, 0.15) is 45.4 Å². The fourth-order valence-corrected chi connectivity index (χ4v) is 4.65. The van der Waals surface area contributed by atoms with Gasteiger partial charge in [0.1, 0.15) is 12.2 Å². The number of fused-ring (bicyclic) bond motifs is 2. The highest BCUT2D eigenvalue weighted by atomic mass is 35.5. The number of alkyl halides is 1. The molecular weight excluding hydrogens is 258 g/mol. The molecule has 1 heterocycles. The van der Waals surface area contributed by atoms with Crippen LogP contribution in [-0.4, -0.2) is 20.6 Å². The van der Waals surface area contributed by atoms with Gasteiger partial charge in [-0.1, -0.05) is 20.3 Å². The molecule has 1 aromatic rings. The molecule has 2 aliphatic carbocycles. The third-order valence-electron chi connectivity index (χ3n) is 5.11. The molecule has 1 aromatic heterocycles. The second-order valence-electron chi connectivity index (χ2n) is 7.01. The molecule has 4 heteroatoms. The number of halogens is 1. The Balaban J connectivity index is 1.78. The smallest absolute Gasteiger partial charge is 0.138 e. The van der Waals surface area contributed by atoms with Gasteiger partial charge in [0.25, 0.3) is 0 Å². The largest absolute Gasteiger partial charge is 0.250 e. The van der Waals surface area contributed by atoms with Gasteiger partial charge < -0.3 is 0 Å². The number of rotatable bonds is 5. The summed E-state index contributed by atoms with van der Waals surface area (Å²) in [5.74, 6) is 4.27. The van der Waals surface area contributed by atoms with Crippen LogP contribution in [0.15, 0.2) is 6.33 Å². The summed E-state index contributed by atoms with van der Waals surface area (Å²) in [6.45, 7) is 5.41. The van der Waals surface area contributed by atoms with Gasteiger partial charge in [0.2, 0.25) is 0 Å². The van der Waals surface area contributed by atoms with Crippen molar-refractivity contribution in [2.24, 2.45) is 23.2 Å². The molecule has 2 fully saturated rings. The third-order valence-corrected chi connectivity index (χ3v) is 5.64. The molecular formula is C15H24ClN3. The maximum atomic E-state index is 6.38. The minimum Gasteiger partial charge on any atom is -0.250 e. The van der Waals surface area contributed by atoms with Crippen LogP contribution in [-0.2, 0) is 13.0 Å². The summed E-state index contributed by atoms with van der Waals surface area (Å²) in [6.07, 6.45) is 8.20. The van der Waals surface area contributed by atoms with Crippen LogP contribution < -0.4 is 0 Å². The van der Waals surface area contributed by atoms with Gasteiger partial charge in [-0.3, -0.25) is 0 Å². The average molecular weight is 282 g/mol. The SMILES string of the molecule is CC(C)Cn1ncnc1CC1(CCl)CC2CCC1C2. The normalized spacial score (nSPS) is 33.5. The van der Waals surface area contributed by atoms with Crippen molar-refractivity contribution in [1.29, 1.82) is 0 Å². The highest BCUT2D eigenvalue weighted by molar-refractivity contribution is 6.18. The molecule has 0 N–H and O–H groups in total. The van der Waals surface area contributed by atoms with E-state index in [9.17, 15) is 0 Å². The Morgan fingerprint density at radius 3 is 2.89 bits per heavy atom. The Hall–Kier alpha value is -0.570. The van der Waals surface area contributed by atoms with Crippen molar-refractivity contribution < 1.29 is 0 Å². The van der Waals surface area contributed by atoms with E-state index in [4.69, 9.17) is 11.6 Å². The molecule has 0 aliphatic heterocycles. The lowest BCUT2D eigenvalue weighted by molar-refractivity contribution is 0.186. The topological polar surface area (TPSA) is 30.7 Å². The first-order valence-electron chi connectivity index (χ1n) is 7.55. The van der Waals surface area contributed by atoms with E-state index in [-0.39, 0.29) is 0 Å². The van der Waals surface area contributed by atoms with Crippen LogP contribution in [0.3, 0.4) is 0 Å². The standard InChI is InChI=1S/C15H24ClN3/c1-11(2)8-19-14(17-10-18-19)7-15(9-16)6-12-3-4-13(15)5-12/h10-13H,3-9H2,1-2H3. The van der Waals surface area contributed by atoms with Gasteiger partial charge in [-0.25, -0.2) is 9.67 Å². The highest BCUT2D eigenvalue weighted by Gasteiger charge is 2.50. The zero-order chi connectivity index (χ0) is 13.5. The van der Waals surface area contributed by atoms with E-state index in [1.165, 1.54) is 25.7 Å². The third kappa shape index (κ3) is 2.42. The van der Waals surface area contributed by atoms with Gasteiger partial charge in [-0.2, -0.15) is 5.10 Å². The first-order chi connectivity index (χ1) is 9.13. The van der Waals surface area contributed by atoms with Crippen molar-refractivity contribution in [2.75, 3.05) is 5.88 Å². The summed E-state index contributed by atoms with van der Waals surface area (Å²) in [5, 5.41) is 4.39. The van der Waals surface area contributed by atoms with Crippen molar-refractivity contribution in [1.82, 2.24) is 14.8 Å². The molecule has 106 valence electrons. The first kappa shape index (κ1) is 13.4. The lowest BCUT2D eigenvalue weighted by Crippen LogP contribution is -2.33. The Labute approximate surface area is 120 Å². The zero-order valence-corrected chi connectivity index (χ0v) is 12.7. The summed E-state index contributed by atoms with van der Waals surface area (Å²) in [4.78, 5) is 4.50. The quantitative estimate of drug-likeness (QED) is 0.773. The molecule has 2 aliphatic rings. The summed E-state index contributed by atoms with van der Waals surface area (Å²) >= 11 is 6.38. The van der Waals surface area contributed by atoms with E-state index in [0.29, 0.717) is 11.3 Å². The van der Waals surface area contributed by atoms with Gasteiger partial charge in [0.05, 0.1) is 0 Å². The van der Waals surface area contributed by atoms with E-state index in [1.54, 1.807) is 6.33 Å². The highest BCUT2D eigenvalue weighted by Crippen LogP contribution is 2.57. The van der Waals surface area contributed by atoms with Gasteiger partial charge in [0, 0.05) is 18.8 Å². The predicted octanol–water partition coefficient (Wildman–Crippen LogP) is 3.52. The Kier molecular flexibility index (Phi) is 3.59. The van der Waals surface area contributed by atoms with Crippen LogP contribution in [0.2, 0.25) is 0 Å².